The van der Waals surface area contributed by atoms with Gasteiger partial charge in [-0.1, -0.05) is 24.3 Å². The lowest BCUT2D eigenvalue weighted by Crippen LogP contribution is -2.14. The lowest BCUT2D eigenvalue weighted by Gasteiger charge is -2.12. The number of hydrogen-bond donors (Lipinski definition) is 1. The molecule has 0 aliphatic rings. The Morgan fingerprint density at radius 3 is 2.26 bits per heavy atom. The molecule has 2 aromatic rings. The smallest absolute Gasteiger partial charge is 0.256 e. The molecular formula is C16H16BrNO. The molecule has 2 rings (SSSR count). The van der Waals surface area contributed by atoms with Crippen LogP contribution in [0.25, 0.3) is 0 Å². The van der Waals surface area contributed by atoms with Crippen molar-refractivity contribution in [3.05, 3.63) is 63.1 Å². The fraction of sp³-hybridized carbons (Fsp3) is 0.188. The number of anilines is 1. The van der Waals surface area contributed by atoms with E-state index in [1.165, 1.54) is 0 Å². The van der Waals surface area contributed by atoms with E-state index in [0.29, 0.717) is 5.56 Å². The summed E-state index contributed by atoms with van der Waals surface area (Å²) in [5, 5.41) is 2.99. The number of aryl methyl sites for hydroxylation is 3. The van der Waals surface area contributed by atoms with Gasteiger partial charge in [0.25, 0.3) is 5.91 Å². The third-order valence-electron chi connectivity index (χ3n) is 3.09. The summed E-state index contributed by atoms with van der Waals surface area (Å²) in [5.41, 5.74) is 4.79. The zero-order valence-electron chi connectivity index (χ0n) is 11.3. The van der Waals surface area contributed by atoms with E-state index >= 15 is 0 Å². The largest absolute Gasteiger partial charge is 0.321 e. The molecule has 0 unspecified atom stereocenters. The van der Waals surface area contributed by atoms with E-state index in [1.54, 1.807) is 0 Å². The molecule has 1 amide bonds. The van der Waals surface area contributed by atoms with Crippen molar-refractivity contribution in [2.75, 3.05) is 5.32 Å². The standard InChI is InChI=1S/C16H16BrNO/c1-10-7-8-13(14(17)9-10)16(19)18-15-11(2)5-4-6-12(15)3/h4-9H,1-3H3,(H,18,19). The third kappa shape index (κ3) is 3.04. The Morgan fingerprint density at radius 2 is 1.68 bits per heavy atom. The Bertz CT molecular complexity index is 614. The molecule has 19 heavy (non-hydrogen) atoms. The van der Waals surface area contributed by atoms with Gasteiger partial charge in [0, 0.05) is 10.2 Å². The van der Waals surface area contributed by atoms with E-state index in [9.17, 15) is 4.79 Å². The van der Waals surface area contributed by atoms with Crippen molar-refractivity contribution in [1.29, 1.82) is 0 Å². The average Bonchev–Trinajstić information content (AvgIpc) is 2.33. The zero-order valence-corrected chi connectivity index (χ0v) is 12.8. The molecular weight excluding hydrogens is 302 g/mol. The normalized spacial score (nSPS) is 10.3. The van der Waals surface area contributed by atoms with Crippen LogP contribution in [0, 0.1) is 20.8 Å². The Morgan fingerprint density at radius 1 is 1.05 bits per heavy atom. The minimum atomic E-state index is -0.0933. The molecule has 3 heteroatoms. The van der Waals surface area contributed by atoms with Gasteiger partial charge in [-0.3, -0.25) is 4.79 Å². The van der Waals surface area contributed by atoms with E-state index in [2.05, 4.69) is 21.2 Å². The summed E-state index contributed by atoms with van der Waals surface area (Å²) in [7, 11) is 0. The molecule has 2 aromatic carbocycles. The van der Waals surface area contributed by atoms with E-state index in [-0.39, 0.29) is 5.91 Å². The Hall–Kier alpha value is -1.61. The first kappa shape index (κ1) is 13.8. The highest BCUT2D eigenvalue weighted by Gasteiger charge is 2.12. The zero-order chi connectivity index (χ0) is 14.0. The molecule has 0 aliphatic carbocycles. The first-order valence-electron chi connectivity index (χ1n) is 6.13. The summed E-state index contributed by atoms with van der Waals surface area (Å²) in [6, 6.07) is 11.7. The van der Waals surface area contributed by atoms with Crippen molar-refractivity contribution in [3.63, 3.8) is 0 Å². The first-order chi connectivity index (χ1) is 8.99. The van der Waals surface area contributed by atoms with Gasteiger partial charge < -0.3 is 5.32 Å². The Balaban J connectivity index is 2.31. The Labute approximate surface area is 122 Å². The van der Waals surface area contributed by atoms with Crippen molar-refractivity contribution in [3.8, 4) is 0 Å². The van der Waals surface area contributed by atoms with Crippen LogP contribution < -0.4 is 5.32 Å². The van der Waals surface area contributed by atoms with Gasteiger partial charge in [0.2, 0.25) is 0 Å². The van der Waals surface area contributed by atoms with Gasteiger partial charge in [0.05, 0.1) is 5.56 Å². The van der Waals surface area contributed by atoms with Crippen molar-refractivity contribution < 1.29 is 4.79 Å². The van der Waals surface area contributed by atoms with Gasteiger partial charge in [-0.2, -0.15) is 0 Å². The number of halogens is 1. The molecule has 0 aliphatic heterocycles. The molecule has 0 heterocycles. The maximum absolute atomic E-state index is 12.3. The number of benzene rings is 2. The van der Waals surface area contributed by atoms with E-state index in [1.807, 2.05) is 57.2 Å². The highest BCUT2D eigenvalue weighted by Crippen LogP contribution is 2.23. The van der Waals surface area contributed by atoms with E-state index in [0.717, 1.165) is 26.9 Å². The van der Waals surface area contributed by atoms with Gasteiger partial charge in [0.15, 0.2) is 0 Å². The molecule has 2 nitrogen and oxygen atoms in total. The monoisotopic (exact) mass is 317 g/mol. The van der Waals surface area contributed by atoms with Crippen LogP contribution in [0.15, 0.2) is 40.9 Å². The number of carbonyl (C=O) groups excluding carboxylic acids is 1. The fourth-order valence-corrected chi connectivity index (χ4v) is 2.67. The van der Waals surface area contributed by atoms with Crippen LogP contribution in [0.4, 0.5) is 5.69 Å². The summed E-state index contributed by atoms with van der Waals surface area (Å²) in [6.45, 7) is 5.98. The minimum Gasteiger partial charge on any atom is -0.321 e. The first-order valence-corrected chi connectivity index (χ1v) is 6.92. The summed E-state index contributed by atoms with van der Waals surface area (Å²) in [6.07, 6.45) is 0. The van der Waals surface area contributed by atoms with Crippen LogP contribution in [0.1, 0.15) is 27.0 Å². The molecule has 0 saturated carbocycles. The lowest BCUT2D eigenvalue weighted by atomic mass is 10.1. The molecule has 0 aromatic heterocycles. The summed E-state index contributed by atoms with van der Waals surface area (Å²) >= 11 is 3.44. The van der Waals surface area contributed by atoms with E-state index in [4.69, 9.17) is 0 Å². The van der Waals surface area contributed by atoms with Crippen molar-refractivity contribution in [1.82, 2.24) is 0 Å². The van der Waals surface area contributed by atoms with E-state index < -0.39 is 0 Å². The molecule has 1 N–H and O–H groups in total. The van der Waals surface area contributed by atoms with Crippen molar-refractivity contribution in [2.45, 2.75) is 20.8 Å². The van der Waals surface area contributed by atoms with Gasteiger partial charge in [-0.15, -0.1) is 0 Å². The summed E-state index contributed by atoms with van der Waals surface area (Å²) < 4.78 is 0.816. The van der Waals surface area contributed by atoms with Crippen LogP contribution in [0.5, 0.6) is 0 Å². The minimum absolute atomic E-state index is 0.0933. The molecule has 0 radical (unpaired) electrons. The second-order valence-corrected chi connectivity index (χ2v) is 5.56. The van der Waals surface area contributed by atoms with Crippen LogP contribution in [-0.2, 0) is 0 Å². The van der Waals surface area contributed by atoms with Crippen molar-refractivity contribution in [2.24, 2.45) is 0 Å². The second-order valence-electron chi connectivity index (χ2n) is 4.70. The van der Waals surface area contributed by atoms with Gasteiger partial charge in [-0.25, -0.2) is 0 Å². The number of rotatable bonds is 2. The molecule has 0 atom stereocenters. The lowest BCUT2D eigenvalue weighted by molar-refractivity contribution is 0.102. The number of amides is 1. The predicted octanol–water partition coefficient (Wildman–Crippen LogP) is 4.63. The van der Waals surface area contributed by atoms with Crippen LogP contribution >= 0.6 is 15.9 Å². The number of nitrogens with one attached hydrogen (secondary N) is 1. The van der Waals surface area contributed by atoms with Gasteiger partial charge in [0.1, 0.15) is 0 Å². The molecule has 0 bridgehead atoms. The number of carbonyl (C=O) groups is 1. The highest BCUT2D eigenvalue weighted by atomic mass is 79.9. The quantitative estimate of drug-likeness (QED) is 0.859. The van der Waals surface area contributed by atoms with Crippen molar-refractivity contribution >= 4 is 27.5 Å². The maximum atomic E-state index is 12.3. The third-order valence-corrected chi connectivity index (χ3v) is 3.74. The van der Waals surface area contributed by atoms with Gasteiger partial charge in [-0.05, 0) is 65.5 Å². The topological polar surface area (TPSA) is 29.1 Å². The molecule has 0 saturated heterocycles. The Kier molecular flexibility index (Phi) is 4.05. The SMILES string of the molecule is Cc1ccc(C(=O)Nc2c(C)cccc2C)c(Br)c1. The van der Waals surface area contributed by atoms with Gasteiger partial charge >= 0.3 is 0 Å². The summed E-state index contributed by atoms with van der Waals surface area (Å²) in [4.78, 5) is 12.3. The maximum Gasteiger partial charge on any atom is 0.256 e. The predicted molar refractivity (Wildman–Crippen MR) is 82.7 cm³/mol. The molecule has 0 fully saturated rings. The second kappa shape index (κ2) is 5.57. The van der Waals surface area contributed by atoms with Crippen LogP contribution in [-0.4, -0.2) is 5.91 Å². The van der Waals surface area contributed by atoms with Crippen LogP contribution in [0.2, 0.25) is 0 Å². The van der Waals surface area contributed by atoms with Crippen LogP contribution in [0.3, 0.4) is 0 Å². The summed E-state index contributed by atoms with van der Waals surface area (Å²) in [5.74, 6) is -0.0933. The highest BCUT2D eigenvalue weighted by molar-refractivity contribution is 9.10. The number of para-hydroxylation sites is 1. The number of hydrogen-bond acceptors (Lipinski definition) is 1. The average molecular weight is 318 g/mol. The fourth-order valence-electron chi connectivity index (χ4n) is 2.00. The molecule has 98 valence electrons. The molecule has 0 spiro atoms.